The molecule has 20 heavy (non-hydrogen) atoms. The van der Waals surface area contributed by atoms with Crippen LogP contribution in [0.5, 0.6) is 0 Å². The highest BCUT2D eigenvalue weighted by Gasteiger charge is 2.11. The lowest BCUT2D eigenvalue weighted by Crippen LogP contribution is -2.04. The van der Waals surface area contributed by atoms with E-state index in [9.17, 15) is 0 Å². The molecule has 0 spiro atoms. The molecule has 2 rings (SSSR count). The van der Waals surface area contributed by atoms with Crippen molar-refractivity contribution >= 4 is 17.6 Å². The van der Waals surface area contributed by atoms with Crippen LogP contribution in [0.2, 0.25) is 0 Å². The summed E-state index contributed by atoms with van der Waals surface area (Å²) in [6, 6.07) is 8.50. The van der Waals surface area contributed by atoms with Gasteiger partial charge in [0.1, 0.15) is 16.7 Å². The van der Waals surface area contributed by atoms with Crippen LogP contribution in [0, 0.1) is 13.8 Å². The third kappa shape index (κ3) is 3.51. The summed E-state index contributed by atoms with van der Waals surface area (Å²) >= 11 is 1.71. The molecule has 0 bridgehead atoms. The van der Waals surface area contributed by atoms with Crippen LogP contribution in [0.25, 0.3) is 0 Å². The highest BCUT2D eigenvalue weighted by atomic mass is 32.2. The maximum absolute atomic E-state index is 4.71. The summed E-state index contributed by atoms with van der Waals surface area (Å²) in [6.45, 7) is 6.33. The molecule has 0 amide bonds. The second-order valence-electron chi connectivity index (χ2n) is 4.84. The molecule has 1 aromatic carbocycles. The largest absolute Gasteiger partial charge is 0.373 e. The van der Waals surface area contributed by atoms with E-state index in [0.717, 1.165) is 35.1 Å². The lowest BCUT2D eigenvalue weighted by atomic mass is 10.2. The number of nitrogens with zero attached hydrogens (tertiary/aromatic N) is 2. The Morgan fingerprint density at radius 1 is 1.20 bits per heavy atom. The Balaban J connectivity index is 2.36. The SMILES string of the molecule is CCCc1nc(NC)c(C)c(Sc2cccc(C)c2)n1. The maximum atomic E-state index is 4.71. The molecule has 2 aromatic rings. The van der Waals surface area contributed by atoms with Gasteiger partial charge in [-0.05, 0) is 32.4 Å². The Kier molecular flexibility index (Phi) is 5.01. The molecule has 0 saturated carbocycles. The lowest BCUT2D eigenvalue weighted by molar-refractivity contribution is 0.804. The van der Waals surface area contributed by atoms with Crippen molar-refractivity contribution in [1.29, 1.82) is 0 Å². The first-order valence-corrected chi connectivity index (χ1v) is 7.75. The molecule has 0 saturated heterocycles. The number of aromatic nitrogens is 2. The average Bonchev–Trinajstić information content (AvgIpc) is 2.42. The zero-order valence-corrected chi connectivity index (χ0v) is 13.3. The Labute approximate surface area is 125 Å². The summed E-state index contributed by atoms with van der Waals surface area (Å²) < 4.78 is 0. The first kappa shape index (κ1) is 14.9. The number of aryl methyl sites for hydroxylation is 2. The first-order valence-electron chi connectivity index (χ1n) is 6.93. The van der Waals surface area contributed by atoms with E-state index in [-0.39, 0.29) is 0 Å². The standard InChI is InChI=1S/C16H21N3S/c1-5-7-14-18-15(17-4)12(3)16(19-14)20-13-9-6-8-11(2)10-13/h6,8-10H,5,7H2,1-4H3,(H,17,18,19). The lowest BCUT2D eigenvalue weighted by Gasteiger charge is -2.11. The second-order valence-corrected chi connectivity index (χ2v) is 5.90. The van der Waals surface area contributed by atoms with Gasteiger partial charge < -0.3 is 5.32 Å². The number of hydrogen-bond acceptors (Lipinski definition) is 4. The van der Waals surface area contributed by atoms with E-state index < -0.39 is 0 Å². The predicted molar refractivity (Wildman–Crippen MR) is 85.6 cm³/mol. The highest BCUT2D eigenvalue weighted by molar-refractivity contribution is 7.99. The van der Waals surface area contributed by atoms with Gasteiger partial charge >= 0.3 is 0 Å². The number of nitrogens with one attached hydrogen (secondary N) is 1. The van der Waals surface area contributed by atoms with Gasteiger partial charge in [-0.1, -0.05) is 36.4 Å². The highest BCUT2D eigenvalue weighted by Crippen LogP contribution is 2.31. The van der Waals surface area contributed by atoms with Gasteiger partial charge in [-0.15, -0.1) is 0 Å². The third-order valence-corrected chi connectivity index (χ3v) is 4.14. The van der Waals surface area contributed by atoms with Crippen LogP contribution >= 0.6 is 11.8 Å². The molecular weight excluding hydrogens is 266 g/mol. The minimum absolute atomic E-state index is 0.913. The van der Waals surface area contributed by atoms with Crippen LogP contribution in [-0.4, -0.2) is 17.0 Å². The van der Waals surface area contributed by atoms with Crippen molar-refractivity contribution in [1.82, 2.24) is 9.97 Å². The fourth-order valence-electron chi connectivity index (χ4n) is 2.01. The molecule has 0 aliphatic heterocycles. The van der Waals surface area contributed by atoms with Crippen molar-refractivity contribution in [3.63, 3.8) is 0 Å². The van der Waals surface area contributed by atoms with Crippen LogP contribution in [0.1, 0.15) is 30.3 Å². The summed E-state index contributed by atoms with van der Waals surface area (Å²) in [5, 5.41) is 4.21. The van der Waals surface area contributed by atoms with Crippen molar-refractivity contribution in [3.8, 4) is 0 Å². The van der Waals surface area contributed by atoms with Gasteiger partial charge in [0.25, 0.3) is 0 Å². The van der Waals surface area contributed by atoms with Gasteiger partial charge in [-0.2, -0.15) is 0 Å². The average molecular weight is 287 g/mol. The molecule has 1 heterocycles. The molecule has 4 heteroatoms. The Hall–Kier alpha value is -1.55. The van der Waals surface area contributed by atoms with Crippen molar-refractivity contribution in [3.05, 3.63) is 41.2 Å². The molecule has 1 aromatic heterocycles. The summed E-state index contributed by atoms with van der Waals surface area (Å²) in [5.74, 6) is 1.84. The summed E-state index contributed by atoms with van der Waals surface area (Å²) in [5.41, 5.74) is 2.38. The van der Waals surface area contributed by atoms with Gasteiger partial charge in [-0.25, -0.2) is 9.97 Å². The minimum atomic E-state index is 0.913. The molecule has 1 N–H and O–H groups in total. The van der Waals surface area contributed by atoms with Gasteiger partial charge in [0.05, 0.1) is 0 Å². The molecule has 0 aliphatic carbocycles. The molecular formula is C16H21N3S. The Morgan fingerprint density at radius 2 is 2.00 bits per heavy atom. The zero-order chi connectivity index (χ0) is 14.5. The molecule has 0 unspecified atom stereocenters. The molecule has 0 fully saturated rings. The molecule has 106 valence electrons. The van der Waals surface area contributed by atoms with Gasteiger partial charge in [0, 0.05) is 23.9 Å². The van der Waals surface area contributed by atoms with Crippen molar-refractivity contribution in [2.45, 2.75) is 43.5 Å². The van der Waals surface area contributed by atoms with Crippen molar-refractivity contribution < 1.29 is 0 Å². The monoisotopic (exact) mass is 287 g/mol. The number of rotatable bonds is 5. The van der Waals surface area contributed by atoms with E-state index in [1.54, 1.807) is 11.8 Å². The van der Waals surface area contributed by atoms with E-state index in [4.69, 9.17) is 4.98 Å². The Bertz CT molecular complexity index is 596. The number of benzene rings is 1. The van der Waals surface area contributed by atoms with E-state index in [1.807, 2.05) is 7.05 Å². The normalized spacial score (nSPS) is 10.6. The summed E-state index contributed by atoms with van der Waals surface area (Å²) in [7, 11) is 1.91. The third-order valence-electron chi connectivity index (χ3n) is 3.06. The minimum Gasteiger partial charge on any atom is -0.373 e. The summed E-state index contributed by atoms with van der Waals surface area (Å²) in [4.78, 5) is 10.5. The molecule has 0 aliphatic rings. The van der Waals surface area contributed by atoms with Crippen LogP contribution in [-0.2, 0) is 6.42 Å². The van der Waals surface area contributed by atoms with Crippen LogP contribution in [0.4, 0.5) is 5.82 Å². The van der Waals surface area contributed by atoms with E-state index in [1.165, 1.54) is 10.5 Å². The summed E-state index contributed by atoms with van der Waals surface area (Å²) in [6.07, 6.45) is 1.97. The van der Waals surface area contributed by atoms with Crippen molar-refractivity contribution in [2.75, 3.05) is 12.4 Å². The molecule has 0 atom stereocenters. The van der Waals surface area contributed by atoms with Crippen LogP contribution in [0.15, 0.2) is 34.2 Å². The van der Waals surface area contributed by atoms with Gasteiger partial charge in [0.2, 0.25) is 0 Å². The van der Waals surface area contributed by atoms with Crippen LogP contribution in [0.3, 0.4) is 0 Å². The smallest absolute Gasteiger partial charge is 0.133 e. The fourth-order valence-corrected chi connectivity index (χ4v) is 3.02. The van der Waals surface area contributed by atoms with Crippen molar-refractivity contribution in [2.24, 2.45) is 0 Å². The maximum Gasteiger partial charge on any atom is 0.133 e. The first-order chi connectivity index (χ1) is 9.63. The van der Waals surface area contributed by atoms with E-state index in [0.29, 0.717) is 0 Å². The van der Waals surface area contributed by atoms with E-state index in [2.05, 4.69) is 55.3 Å². The molecule has 0 radical (unpaired) electrons. The number of anilines is 1. The van der Waals surface area contributed by atoms with E-state index >= 15 is 0 Å². The Morgan fingerprint density at radius 3 is 2.65 bits per heavy atom. The van der Waals surface area contributed by atoms with Crippen LogP contribution < -0.4 is 5.32 Å². The predicted octanol–water partition coefficient (Wildman–Crippen LogP) is 4.24. The fraction of sp³-hybridized carbons (Fsp3) is 0.375. The van der Waals surface area contributed by atoms with Gasteiger partial charge in [-0.3, -0.25) is 0 Å². The number of hydrogen-bond donors (Lipinski definition) is 1. The topological polar surface area (TPSA) is 37.8 Å². The molecule has 3 nitrogen and oxygen atoms in total. The second kappa shape index (κ2) is 6.75. The van der Waals surface area contributed by atoms with Gasteiger partial charge in [0.15, 0.2) is 0 Å². The quantitative estimate of drug-likeness (QED) is 0.835. The zero-order valence-electron chi connectivity index (χ0n) is 12.5.